The number of nitrogens with one attached hydrogen (secondary N) is 2. The molecule has 2 N–H and O–H groups in total. The molecule has 28 heavy (non-hydrogen) atoms. The van der Waals surface area contributed by atoms with E-state index in [4.69, 9.17) is 0 Å². The van der Waals surface area contributed by atoms with E-state index in [2.05, 4.69) is 59.5 Å². The van der Waals surface area contributed by atoms with E-state index in [-0.39, 0.29) is 11.4 Å². The molecule has 2 aromatic rings. The number of amides is 2. The maximum absolute atomic E-state index is 12.7. The van der Waals surface area contributed by atoms with E-state index in [1.54, 1.807) is 0 Å². The van der Waals surface area contributed by atoms with Gasteiger partial charge in [-0.15, -0.1) is 0 Å². The molecule has 4 rings (SSSR count). The molecule has 0 atom stereocenters. The van der Waals surface area contributed by atoms with Crippen LogP contribution in [0.4, 0.5) is 22.0 Å². The number of fused-ring (bicyclic) bond motifs is 1. The molecule has 0 saturated carbocycles. The van der Waals surface area contributed by atoms with Gasteiger partial charge in [-0.25, -0.2) is 9.78 Å². The second-order valence-electron chi connectivity index (χ2n) is 8.37. The van der Waals surface area contributed by atoms with Gasteiger partial charge < -0.3 is 20.4 Å². The quantitative estimate of drug-likeness (QED) is 0.832. The summed E-state index contributed by atoms with van der Waals surface area (Å²) in [7, 11) is 0. The van der Waals surface area contributed by atoms with Gasteiger partial charge in [-0.1, -0.05) is 26.0 Å². The zero-order chi connectivity index (χ0) is 19.7. The van der Waals surface area contributed by atoms with Gasteiger partial charge in [0.05, 0.1) is 0 Å². The Labute approximate surface area is 166 Å². The van der Waals surface area contributed by atoms with Gasteiger partial charge in [0.15, 0.2) is 0 Å². The number of anilines is 3. The number of benzene rings is 1. The fourth-order valence-corrected chi connectivity index (χ4v) is 4.14. The number of rotatable bonds is 2. The highest BCUT2D eigenvalue weighted by atomic mass is 16.2. The van der Waals surface area contributed by atoms with Crippen molar-refractivity contribution >= 4 is 23.2 Å². The van der Waals surface area contributed by atoms with Crippen molar-refractivity contribution < 1.29 is 4.79 Å². The average Bonchev–Trinajstić information content (AvgIpc) is 2.68. The Morgan fingerprint density at radius 3 is 2.71 bits per heavy atom. The molecule has 1 aromatic heterocycles. The van der Waals surface area contributed by atoms with Crippen LogP contribution in [0.1, 0.15) is 31.4 Å². The Morgan fingerprint density at radius 1 is 1.18 bits per heavy atom. The number of pyridine rings is 1. The lowest BCUT2D eigenvalue weighted by atomic mass is 9.78. The van der Waals surface area contributed by atoms with E-state index >= 15 is 0 Å². The van der Waals surface area contributed by atoms with Crippen LogP contribution in [0.15, 0.2) is 36.5 Å². The number of hydrogen-bond donors (Lipinski definition) is 2. The molecule has 0 bridgehead atoms. The molecule has 2 amide bonds. The summed E-state index contributed by atoms with van der Waals surface area (Å²) < 4.78 is 0. The first-order valence-electron chi connectivity index (χ1n) is 10.0. The van der Waals surface area contributed by atoms with Gasteiger partial charge in [-0.05, 0) is 48.1 Å². The van der Waals surface area contributed by atoms with E-state index < -0.39 is 0 Å². The predicted molar refractivity (Wildman–Crippen MR) is 114 cm³/mol. The van der Waals surface area contributed by atoms with Gasteiger partial charge in [0.1, 0.15) is 5.82 Å². The second kappa shape index (κ2) is 7.34. The summed E-state index contributed by atoms with van der Waals surface area (Å²) in [6.45, 7) is 10.6. The topological polar surface area (TPSA) is 60.5 Å². The van der Waals surface area contributed by atoms with Crippen LogP contribution < -0.4 is 15.5 Å². The Balaban J connectivity index is 1.38. The minimum absolute atomic E-state index is 0.0348. The van der Waals surface area contributed by atoms with E-state index in [9.17, 15) is 4.79 Å². The van der Waals surface area contributed by atoms with Gasteiger partial charge >= 0.3 is 6.03 Å². The van der Waals surface area contributed by atoms with Crippen LogP contribution in [0.25, 0.3) is 0 Å². The summed E-state index contributed by atoms with van der Waals surface area (Å²) in [6.07, 6.45) is 2.94. The fraction of sp³-hybridized carbons (Fsp3) is 0.455. The summed E-state index contributed by atoms with van der Waals surface area (Å²) in [5.74, 6) is 1.02. The van der Waals surface area contributed by atoms with Crippen LogP contribution in [-0.4, -0.2) is 48.6 Å². The average molecular weight is 380 g/mol. The Hall–Kier alpha value is -2.76. The van der Waals surface area contributed by atoms with Crippen molar-refractivity contribution in [2.75, 3.05) is 48.3 Å². The number of aromatic nitrogens is 1. The molecule has 2 aliphatic rings. The van der Waals surface area contributed by atoms with Crippen LogP contribution in [0.2, 0.25) is 0 Å². The summed E-state index contributed by atoms with van der Waals surface area (Å²) in [6, 6.07) is 10.2. The number of carbonyl (C=O) groups excluding carboxylic acids is 1. The van der Waals surface area contributed by atoms with Crippen molar-refractivity contribution in [3.8, 4) is 0 Å². The first-order chi connectivity index (χ1) is 13.4. The summed E-state index contributed by atoms with van der Waals surface area (Å²) in [4.78, 5) is 21.4. The van der Waals surface area contributed by atoms with Crippen molar-refractivity contribution in [3.05, 3.63) is 47.7 Å². The van der Waals surface area contributed by atoms with Crippen LogP contribution in [0.5, 0.6) is 0 Å². The van der Waals surface area contributed by atoms with E-state index in [1.807, 2.05) is 23.2 Å². The molecule has 0 radical (unpaired) electrons. The molecule has 6 nitrogen and oxygen atoms in total. The minimum atomic E-state index is -0.0348. The monoisotopic (exact) mass is 379 g/mol. The maximum atomic E-state index is 12.7. The van der Waals surface area contributed by atoms with E-state index in [1.165, 1.54) is 11.1 Å². The SMILES string of the molecule is Cc1cccnc1N1CCN(C(=O)Nc2ccc3c(c2)NCCC3(C)C)CC1. The number of nitrogens with zero attached hydrogens (tertiary/aromatic N) is 3. The molecule has 1 fully saturated rings. The molecule has 148 valence electrons. The summed E-state index contributed by atoms with van der Waals surface area (Å²) in [5, 5.41) is 6.53. The summed E-state index contributed by atoms with van der Waals surface area (Å²) >= 11 is 0. The molecule has 0 aliphatic carbocycles. The maximum Gasteiger partial charge on any atom is 0.321 e. The third-order valence-corrected chi connectivity index (χ3v) is 5.91. The van der Waals surface area contributed by atoms with Crippen molar-refractivity contribution in [2.45, 2.75) is 32.6 Å². The standard InChI is InChI=1S/C22H29N5O/c1-16-5-4-9-24-20(16)26-11-13-27(14-12-26)21(28)25-17-6-7-18-19(15-17)23-10-8-22(18,2)3/h4-7,9,15,23H,8,10-14H2,1-3H3,(H,25,28). The Morgan fingerprint density at radius 2 is 1.96 bits per heavy atom. The number of aryl methyl sites for hydroxylation is 1. The molecule has 1 saturated heterocycles. The van der Waals surface area contributed by atoms with Gasteiger partial charge in [0.2, 0.25) is 0 Å². The molecule has 3 heterocycles. The highest BCUT2D eigenvalue weighted by Crippen LogP contribution is 2.37. The van der Waals surface area contributed by atoms with Gasteiger partial charge in [-0.3, -0.25) is 0 Å². The lowest BCUT2D eigenvalue weighted by Gasteiger charge is -2.36. The Bertz CT molecular complexity index is 871. The molecule has 1 aromatic carbocycles. The Kier molecular flexibility index (Phi) is 4.87. The van der Waals surface area contributed by atoms with Crippen LogP contribution in [0, 0.1) is 6.92 Å². The van der Waals surface area contributed by atoms with Crippen molar-refractivity contribution in [1.29, 1.82) is 0 Å². The van der Waals surface area contributed by atoms with E-state index in [0.717, 1.165) is 43.2 Å². The van der Waals surface area contributed by atoms with Crippen molar-refractivity contribution in [1.82, 2.24) is 9.88 Å². The number of carbonyl (C=O) groups is 1. The highest BCUT2D eigenvalue weighted by Gasteiger charge is 2.28. The second-order valence-corrected chi connectivity index (χ2v) is 8.37. The van der Waals surface area contributed by atoms with Gasteiger partial charge in [-0.2, -0.15) is 0 Å². The van der Waals surface area contributed by atoms with Crippen LogP contribution in [0.3, 0.4) is 0 Å². The molecule has 6 heteroatoms. The molecule has 2 aliphatic heterocycles. The third kappa shape index (κ3) is 3.63. The normalized spacial score (nSPS) is 18.2. The fourth-order valence-electron chi connectivity index (χ4n) is 4.14. The minimum Gasteiger partial charge on any atom is -0.385 e. The molecule has 0 unspecified atom stereocenters. The molecular formula is C22H29N5O. The lowest BCUT2D eigenvalue weighted by molar-refractivity contribution is 0.208. The predicted octanol–water partition coefficient (Wildman–Crippen LogP) is 3.84. The molecular weight excluding hydrogens is 350 g/mol. The largest absolute Gasteiger partial charge is 0.385 e. The third-order valence-electron chi connectivity index (χ3n) is 5.91. The number of urea groups is 1. The van der Waals surface area contributed by atoms with Gasteiger partial charge in [0, 0.05) is 50.3 Å². The zero-order valence-electron chi connectivity index (χ0n) is 17.0. The first-order valence-corrected chi connectivity index (χ1v) is 10.0. The summed E-state index contributed by atoms with van der Waals surface area (Å²) in [5.41, 5.74) is 4.63. The number of hydrogen-bond acceptors (Lipinski definition) is 4. The van der Waals surface area contributed by atoms with Crippen LogP contribution >= 0.6 is 0 Å². The van der Waals surface area contributed by atoms with Gasteiger partial charge in [0.25, 0.3) is 0 Å². The lowest BCUT2D eigenvalue weighted by Crippen LogP contribution is -2.50. The van der Waals surface area contributed by atoms with Crippen LogP contribution in [-0.2, 0) is 5.41 Å². The smallest absolute Gasteiger partial charge is 0.321 e. The molecule has 0 spiro atoms. The zero-order valence-corrected chi connectivity index (χ0v) is 17.0. The van der Waals surface area contributed by atoms with Crippen molar-refractivity contribution in [3.63, 3.8) is 0 Å². The first kappa shape index (κ1) is 18.6. The number of piperazine rings is 1. The highest BCUT2D eigenvalue weighted by molar-refractivity contribution is 5.90. The van der Waals surface area contributed by atoms with Crippen molar-refractivity contribution in [2.24, 2.45) is 0 Å². The van der Waals surface area contributed by atoms with E-state index in [0.29, 0.717) is 13.1 Å².